The Balaban J connectivity index is 1.61. The van der Waals surface area contributed by atoms with Crippen LogP contribution in [-0.4, -0.2) is 51.1 Å². The van der Waals surface area contributed by atoms with E-state index in [-0.39, 0.29) is 42.1 Å². The lowest BCUT2D eigenvalue weighted by atomic mass is 9.89. The number of aliphatic hydroxyl groups is 1. The van der Waals surface area contributed by atoms with E-state index in [1.165, 1.54) is 0 Å². The fraction of sp³-hybridized carbons (Fsp3) is 0.536. The summed E-state index contributed by atoms with van der Waals surface area (Å²) in [5.41, 5.74) is 4.25. The molecule has 0 radical (unpaired) electrons. The Morgan fingerprint density at radius 2 is 2.06 bits per heavy atom. The van der Waals surface area contributed by atoms with Gasteiger partial charge in [0.25, 0.3) is 5.56 Å². The molecule has 1 aliphatic rings. The summed E-state index contributed by atoms with van der Waals surface area (Å²) in [6.07, 6.45) is 3.83. The fourth-order valence-corrected chi connectivity index (χ4v) is 4.93. The molecule has 0 aliphatic carbocycles. The molecule has 8 heteroatoms. The van der Waals surface area contributed by atoms with Gasteiger partial charge < -0.3 is 23.7 Å². The number of rotatable bonds is 9. The van der Waals surface area contributed by atoms with Crippen molar-refractivity contribution in [3.63, 3.8) is 0 Å². The molecule has 0 bridgehead atoms. The van der Waals surface area contributed by atoms with Crippen molar-refractivity contribution >= 4 is 17.0 Å². The number of carbonyl (C=O) groups excluding carboxylic acids is 1. The number of hydrogen-bond acceptors (Lipinski definition) is 6. The number of esters is 1. The van der Waals surface area contributed by atoms with Crippen molar-refractivity contribution in [1.82, 2.24) is 14.1 Å². The van der Waals surface area contributed by atoms with Crippen molar-refractivity contribution in [2.45, 2.75) is 59.1 Å². The van der Waals surface area contributed by atoms with Crippen LogP contribution >= 0.6 is 0 Å². The number of fused-ring (bicyclic) bond motifs is 1. The molecule has 1 aliphatic heterocycles. The Morgan fingerprint density at radius 3 is 2.69 bits per heavy atom. The zero-order valence-corrected chi connectivity index (χ0v) is 21.9. The highest BCUT2D eigenvalue weighted by Gasteiger charge is 2.28. The van der Waals surface area contributed by atoms with Crippen LogP contribution in [0.3, 0.4) is 0 Å². The lowest BCUT2D eigenvalue weighted by Gasteiger charge is -2.21. The third-order valence-electron chi connectivity index (χ3n) is 7.10. The maximum Gasteiger partial charge on any atom is 0.309 e. The molecule has 3 aromatic rings. The van der Waals surface area contributed by atoms with Crippen LogP contribution < -0.4 is 5.56 Å². The Hall–Kier alpha value is -2.97. The standard InChI is InChI=1S/C28H37N3O5/c1-17(2)23(28(34)36-22-10-11-35-16-22)8-6-20-7-9-25-24(13-20)29-26(31(25)19(4)15-32)21-12-18(3)27(33)30(5)14-21/h7,9,12-14,17,19,22-23,32H,6,8,10-11,15-16H2,1-5H3/t19-,22+,23+/m1/s1. The Bertz CT molecular complexity index is 1260. The monoisotopic (exact) mass is 495 g/mol. The molecule has 1 fully saturated rings. The number of nitrogens with zero attached hydrogens (tertiary/aromatic N) is 3. The first-order chi connectivity index (χ1) is 17.2. The second-order valence-electron chi connectivity index (χ2n) is 10.3. The highest BCUT2D eigenvalue weighted by Crippen LogP contribution is 2.30. The molecule has 3 atom stereocenters. The van der Waals surface area contributed by atoms with Crippen molar-refractivity contribution in [2.75, 3.05) is 19.8 Å². The molecule has 1 N–H and O–H groups in total. The van der Waals surface area contributed by atoms with Crippen LogP contribution in [0.1, 0.15) is 50.8 Å². The van der Waals surface area contributed by atoms with Crippen molar-refractivity contribution in [3.05, 3.63) is 51.9 Å². The molecule has 1 aromatic carbocycles. The van der Waals surface area contributed by atoms with Gasteiger partial charge in [0.1, 0.15) is 11.9 Å². The van der Waals surface area contributed by atoms with Gasteiger partial charge in [-0.05, 0) is 56.4 Å². The molecule has 3 heterocycles. The lowest BCUT2D eigenvalue weighted by molar-refractivity contribution is -0.155. The van der Waals surface area contributed by atoms with Gasteiger partial charge in [0, 0.05) is 30.8 Å². The summed E-state index contributed by atoms with van der Waals surface area (Å²) in [6, 6.07) is 7.81. The molecule has 1 saturated heterocycles. The number of benzene rings is 1. The number of imidazole rings is 1. The van der Waals surface area contributed by atoms with Gasteiger partial charge in [0.2, 0.25) is 0 Å². The summed E-state index contributed by atoms with van der Waals surface area (Å²) in [6.45, 7) is 8.95. The van der Waals surface area contributed by atoms with E-state index in [1.807, 2.05) is 23.6 Å². The van der Waals surface area contributed by atoms with E-state index in [2.05, 4.69) is 26.0 Å². The van der Waals surface area contributed by atoms with Gasteiger partial charge in [-0.3, -0.25) is 9.59 Å². The van der Waals surface area contributed by atoms with Crippen molar-refractivity contribution < 1.29 is 19.4 Å². The molecule has 0 spiro atoms. The SMILES string of the molecule is Cc1cc(-c2nc3cc(CC[C@H](C(=O)O[C@H]4CCOC4)C(C)C)ccc3n2[C@H](C)CO)cn(C)c1=O. The maximum absolute atomic E-state index is 12.8. The van der Waals surface area contributed by atoms with Crippen LogP contribution in [0.4, 0.5) is 0 Å². The predicted octanol–water partition coefficient (Wildman–Crippen LogP) is 3.80. The third-order valence-corrected chi connectivity index (χ3v) is 7.10. The number of aromatic nitrogens is 3. The van der Waals surface area contributed by atoms with Crippen LogP contribution in [0, 0.1) is 18.8 Å². The predicted molar refractivity (Wildman–Crippen MR) is 139 cm³/mol. The van der Waals surface area contributed by atoms with Crippen molar-refractivity contribution in [2.24, 2.45) is 18.9 Å². The molecule has 36 heavy (non-hydrogen) atoms. The van der Waals surface area contributed by atoms with E-state index >= 15 is 0 Å². The van der Waals surface area contributed by atoms with Crippen LogP contribution in [-0.2, 0) is 27.7 Å². The van der Waals surface area contributed by atoms with Gasteiger partial charge in [-0.25, -0.2) is 4.98 Å². The van der Waals surface area contributed by atoms with Crippen molar-refractivity contribution in [1.29, 1.82) is 0 Å². The molecule has 0 unspecified atom stereocenters. The summed E-state index contributed by atoms with van der Waals surface area (Å²) in [4.78, 5) is 30.0. The van der Waals surface area contributed by atoms with Gasteiger partial charge >= 0.3 is 5.97 Å². The first-order valence-electron chi connectivity index (χ1n) is 12.8. The Labute approximate surface area is 211 Å². The minimum atomic E-state index is -0.187. The van der Waals surface area contributed by atoms with Gasteiger partial charge in [0.15, 0.2) is 0 Å². The van der Waals surface area contributed by atoms with E-state index in [4.69, 9.17) is 14.5 Å². The molecule has 4 rings (SSSR count). The van der Waals surface area contributed by atoms with E-state index in [9.17, 15) is 14.7 Å². The second-order valence-corrected chi connectivity index (χ2v) is 10.3. The molecule has 2 aromatic heterocycles. The minimum absolute atomic E-state index is 0.0326. The van der Waals surface area contributed by atoms with Gasteiger partial charge in [-0.2, -0.15) is 0 Å². The number of aliphatic hydroxyl groups excluding tert-OH is 1. The summed E-state index contributed by atoms with van der Waals surface area (Å²) in [7, 11) is 1.73. The zero-order chi connectivity index (χ0) is 26.0. The van der Waals surface area contributed by atoms with Crippen LogP contribution in [0.15, 0.2) is 35.3 Å². The van der Waals surface area contributed by atoms with E-state index < -0.39 is 0 Å². The summed E-state index contributed by atoms with van der Waals surface area (Å²) < 4.78 is 14.6. The number of pyridine rings is 1. The van der Waals surface area contributed by atoms with E-state index in [1.54, 1.807) is 24.7 Å². The topological polar surface area (TPSA) is 95.6 Å². The third kappa shape index (κ3) is 5.39. The summed E-state index contributed by atoms with van der Waals surface area (Å²) >= 11 is 0. The average Bonchev–Trinajstić information content (AvgIpc) is 3.49. The number of ether oxygens (including phenoxy) is 2. The average molecular weight is 496 g/mol. The second kappa shape index (κ2) is 11.0. The summed E-state index contributed by atoms with van der Waals surface area (Å²) in [5, 5.41) is 9.94. The molecule has 8 nitrogen and oxygen atoms in total. The van der Waals surface area contributed by atoms with E-state index in [0.717, 1.165) is 35.0 Å². The molecule has 0 saturated carbocycles. The quantitative estimate of drug-likeness (QED) is 0.454. The largest absolute Gasteiger partial charge is 0.460 e. The minimum Gasteiger partial charge on any atom is -0.460 e. The number of hydrogen-bond donors (Lipinski definition) is 1. The molecule has 0 amide bonds. The number of carbonyl (C=O) groups is 1. The van der Waals surface area contributed by atoms with E-state index in [0.29, 0.717) is 31.0 Å². The molecular formula is C28H37N3O5. The highest BCUT2D eigenvalue weighted by atomic mass is 16.6. The Kier molecular flexibility index (Phi) is 7.95. The lowest BCUT2D eigenvalue weighted by Crippen LogP contribution is -2.28. The maximum atomic E-state index is 12.8. The molecule has 194 valence electrons. The summed E-state index contributed by atoms with van der Waals surface area (Å²) in [5.74, 6) is 0.560. The first kappa shape index (κ1) is 26.1. The highest BCUT2D eigenvalue weighted by molar-refractivity contribution is 5.81. The van der Waals surface area contributed by atoms with Gasteiger partial charge in [-0.15, -0.1) is 0 Å². The van der Waals surface area contributed by atoms with Crippen molar-refractivity contribution in [3.8, 4) is 11.4 Å². The van der Waals surface area contributed by atoms with Crippen LogP contribution in [0.2, 0.25) is 0 Å². The molecular weight excluding hydrogens is 458 g/mol. The van der Waals surface area contributed by atoms with Gasteiger partial charge in [-0.1, -0.05) is 19.9 Å². The van der Waals surface area contributed by atoms with Gasteiger partial charge in [0.05, 0.1) is 42.8 Å². The fourth-order valence-electron chi connectivity index (χ4n) is 4.93. The first-order valence-corrected chi connectivity index (χ1v) is 12.8. The smallest absolute Gasteiger partial charge is 0.309 e. The number of aryl methyl sites for hydroxylation is 3. The van der Waals surface area contributed by atoms with Crippen LogP contribution in [0.25, 0.3) is 22.4 Å². The normalized spacial score (nSPS) is 17.6. The zero-order valence-electron chi connectivity index (χ0n) is 21.9. The van der Waals surface area contributed by atoms with Crippen LogP contribution in [0.5, 0.6) is 0 Å². The Morgan fingerprint density at radius 1 is 1.28 bits per heavy atom.